The molecular formula is C11H5BrCl3FN2O2S. The number of hydrogen-bond donors (Lipinski definition) is 1. The van der Waals surface area contributed by atoms with Crippen molar-refractivity contribution in [2.75, 3.05) is 4.72 Å². The summed E-state index contributed by atoms with van der Waals surface area (Å²) in [6, 6.07) is 3.62. The molecule has 112 valence electrons. The fourth-order valence-corrected chi connectivity index (χ4v) is 3.64. The first-order valence-corrected chi connectivity index (χ1v) is 8.61. The molecule has 0 saturated heterocycles. The van der Waals surface area contributed by atoms with Gasteiger partial charge in [0, 0.05) is 0 Å². The number of rotatable bonds is 3. The number of anilines is 1. The van der Waals surface area contributed by atoms with E-state index in [0.717, 1.165) is 12.1 Å². The fraction of sp³-hybridized carbons (Fsp3) is 0. The molecule has 0 bridgehead atoms. The van der Waals surface area contributed by atoms with Crippen LogP contribution in [-0.4, -0.2) is 13.4 Å². The minimum Gasteiger partial charge on any atom is -0.278 e. The second-order valence-electron chi connectivity index (χ2n) is 3.78. The van der Waals surface area contributed by atoms with Gasteiger partial charge in [0.25, 0.3) is 10.0 Å². The van der Waals surface area contributed by atoms with Crippen LogP contribution in [0, 0.1) is 5.82 Å². The lowest BCUT2D eigenvalue weighted by Crippen LogP contribution is -2.14. The van der Waals surface area contributed by atoms with E-state index in [9.17, 15) is 12.8 Å². The molecule has 0 aliphatic carbocycles. The number of nitrogens with zero attached hydrogens (tertiary/aromatic N) is 1. The summed E-state index contributed by atoms with van der Waals surface area (Å²) in [6.45, 7) is 0. The van der Waals surface area contributed by atoms with Crippen molar-refractivity contribution >= 4 is 66.4 Å². The van der Waals surface area contributed by atoms with Crippen LogP contribution in [0.2, 0.25) is 15.2 Å². The van der Waals surface area contributed by atoms with Crippen LogP contribution in [0.3, 0.4) is 0 Å². The van der Waals surface area contributed by atoms with Crippen LogP contribution in [0.4, 0.5) is 10.1 Å². The lowest BCUT2D eigenvalue weighted by molar-refractivity contribution is 0.595. The van der Waals surface area contributed by atoms with E-state index in [0.29, 0.717) is 4.47 Å². The summed E-state index contributed by atoms with van der Waals surface area (Å²) >= 11 is 20.0. The molecule has 0 radical (unpaired) electrons. The molecule has 0 amide bonds. The molecule has 1 N–H and O–H groups in total. The van der Waals surface area contributed by atoms with Crippen LogP contribution in [-0.2, 0) is 10.0 Å². The summed E-state index contributed by atoms with van der Waals surface area (Å²) in [7, 11) is -4.10. The molecule has 1 heterocycles. The standard InChI is InChI=1S/C11H5BrCl3FN2O2S/c12-6-3-5(4-17-11(6)15)18-21(19,20)8-2-1-7(13)10(16)9(8)14/h1-4,18H. The molecule has 2 rings (SSSR count). The molecule has 0 aliphatic rings. The van der Waals surface area contributed by atoms with Gasteiger partial charge in [0.05, 0.1) is 26.4 Å². The first kappa shape index (κ1) is 16.8. The van der Waals surface area contributed by atoms with E-state index in [-0.39, 0.29) is 15.9 Å². The molecule has 1 aromatic heterocycles. The highest BCUT2D eigenvalue weighted by Crippen LogP contribution is 2.31. The highest BCUT2D eigenvalue weighted by Gasteiger charge is 2.22. The Labute approximate surface area is 143 Å². The van der Waals surface area contributed by atoms with Crippen molar-refractivity contribution in [3.05, 3.63) is 49.9 Å². The number of hydrogen-bond acceptors (Lipinski definition) is 3. The maximum atomic E-state index is 13.6. The van der Waals surface area contributed by atoms with Crippen molar-refractivity contribution in [1.82, 2.24) is 4.98 Å². The number of sulfonamides is 1. The molecule has 0 fully saturated rings. The molecule has 0 spiro atoms. The van der Waals surface area contributed by atoms with Crippen molar-refractivity contribution in [2.45, 2.75) is 4.90 Å². The summed E-state index contributed by atoms with van der Waals surface area (Å²) in [5.74, 6) is -1.00. The Morgan fingerprint density at radius 2 is 1.90 bits per heavy atom. The van der Waals surface area contributed by atoms with E-state index >= 15 is 0 Å². The van der Waals surface area contributed by atoms with E-state index in [1.165, 1.54) is 12.3 Å². The van der Waals surface area contributed by atoms with Crippen molar-refractivity contribution in [2.24, 2.45) is 0 Å². The molecule has 10 heteroatoms. The van der Waals surface area contributed by atoms with Gasteiger partial charge in [0.2, 0.25) is 0 Å². The van der Waals surface area contributed by atoms with Crippen molar-refractivity contribution < 1.29 is 12.8 Å². The van der Waals surface area contributed by atoms with Crippen molar-refractivity contribution in [3.63, 3.8) is 0 Å². The first-order chi connectivity index (χ1) is 9.72. The zero-order chi connectivity index (χ0) is 15.8. The average Bonchev–Trinajstić information content (AvgIpc) is 2.39. The van der Waals surface area contributed by atoms with E-state index in [4.69, 9.17) is 34.8 Å². The molecule has 2 aromatic rings. The molecule has 0 atom stereocenters. The Hall–Kier alpha value is -0.600. The van der Waals surface area contributed by atoms with Gasteiger partial charge in [-0.25, -0.2) is 17.8 Å². The number of halogens is 5. The van der Waals surface area contributed by atoms with Gasteiger partial charge < -0.3 is 0 Å². The molecule has 0 saturated carbocycles. The summed E-state index contributed by atoms with van der Waals surface area (Å²) in [5.41, 5.74) is 0.137. The van der Waals surface area contributed by atoms with Crippen LogP contribution in [0.15, 0.2) is 33.8 Å². The maximum absolute atomic E-state index is 13.6. The van der Waals surface area contributed by atoms with Gasteiger partial charge in [-0.1, -0.05) is 34.8 Å². The van der Waals surface area contributed by atoms with E-state index < -0.39 is 25.8 Å². The number of nitrogens with one attached hydrogen (secondary N) is 1. The van der Waals surface area contributed by atoms with Gasteiger partial charge in [-0.15, -0.1) is 0 Å². The highest BCUT2D eigenvalue weighted by molar-refractivity contribution is 9.10. The summed E-state index contributed by atoms with van der Waals surface area (Å²) < 4.78 is 40.6. The lowest BCUT2D eigenvalue weighted by Gasteiger charge is -2.10. The minimum absolute atomic E-state index is 0.137. The third-order valence-electron chi connectivity index (χ3n) is 2.34. The molecule has 1 aromatic carbocycles. The normalized spacial score (nSPS) is 11.5. The fourth-order valence-electron chi connectivity index (χ4n) is 1.40. The zero-order valence-electron chi connectivity index (χ0n) is 9.87. The largest absolute Gasteiger partial charge is 0.278 e. The summed E-state index contributed by atoms with van der Waals surface area (Å²) in [6.07, 6.45) is 1.21. The van der Waals surface area contributed by atoms with E-state index in [2.05, 4.69) is 25.6 Å². The van der Waals surface area contributed by atoms with Gasteiger partial charge in [-0.2, -0.15) is 0 Å². The van der Waals surface area contributed by atoms with Gasteiger partial charge in [-0.3, -0.25) is 4.72 Å². The maximum Gasteiger partial charge on any atom is 0.263 e. The predicted molar refractivity (Wildman–Crippen MR) is 84.2 cm³/mol. The third-order valence-corrected chi connectivity index (χ3v) is 5.67. The van der Waals surface area contributed by atoms with Gasteiger partial charge in [-0.05, 0) is 34.1 Å². The van der Waals surface area contributed by atoms with E-state index in [1.54, 1.807) is 0 Å². The molecule has 21 heavy (non-hydrogen) atoms. The number of benzene rings is 1. The topological polar surface area (TPSA) is 59.1 Å². The Kier molecular flexibility index (Phi) is 4.99. The van der Waals surface area contributed by atoms with Gasteiger partial charge in [0.15, 0.2) is 5.82 Å². The Bertz CT molecular complexity index is 817. The Morgan fingerprint density at radius 1 is 1.24 bits per heavy atom. The van der Waals surface area contributed by atoms with Crippen LogP contribution in [0.1, 0.15) is 0 Å². The van der Waals surface area contributed by atoms with Crippen molar-refractivity contribution in [3.8, 4) is 0 Å². The molecule has 0 unspecified atom stereocenters. The monoisotopic (exact) mass is 432 g/mol. The Morgan fingerprint density at radius 3 is 2.52 bits per heavy atom. The van der Waals surface area contributed by atoms with Gasteiger partial charge >= 0.3 is 0 Å². The van der Waals surface area contributed by atoms with Gasteiger partial charge in [0.1, 0.15) is 10.0 Å². The first-order valence-electron chi connectivity index (χ1n) is 5.20. The minimum atomic E-state index is -4.10. The highest BCUT2D eigenvalue weighted by atomic mass is 79.9. The number of pyridine rings is 1. The van der Waals surface area contributed by atoms with Crippen LogP contribution in [0.25, 0.3) is 0 Å². The molecule has 0 aliphatic heterocycles. The quantitative estimate of drug-likeness (QED) is 0.561. The van der Waals surface area contributed by atoms with Crippen LogP contribution >= 0.6 is 50.7 Å². The zero-order valence-corrected chi connectivity index (χ0v) is 14.5. The SMILES string of the molecule is O=S(=O)(Nc1cnc(Cl)c(Br)c1)c1ccc(Cl)c(F)c1Cl. The second kappa shape index (κ2) is 6.26. The molecular weight excluding hydrogens is 429 g/mol. The Balaban J connectivity index is 2.43. The van der Waals surface area contributed by atoms with Crippen LogP contribution < -0.4 is 4.72 Å². The lowest BCUT2D eigenvalue weighted by atomic mass is 10.3. The number of aromatic nitrogens is 1. The molecule has 4 nitrogen and oxygen atoms in total. The average molecular weight is 435 g/mol. The summed E-state index contributed by atoms with van der Waals surface area (Å²) in [4.78, 5) is 3.34. The smallest absolute Gasteiger partial charge is 0.263 e. The van der Waals surface area contributed by atoms with Crippen LogP contribution in [0.5, 0.6) is 0 Å². The predicted octanol–water partition coefficient (Wildman–Crippen LogP) is 4.74. The summed E-state index contributed by atoms with van der Waals surface area (Å²) in [5, 5.41) is -0.681. The third kappa shape index (κ3) is 3.60. The second-order valence-corrected chi connectivity index (χ2v) is 7.42. The van der Waals surface area contributed by atoms with Crippen molar-refractivity contribution in [1.29, 1.82) is 0 Å². The van der Waals surface area contributed by atoms with E-state index in [1.807, 2.05) is 0 Å².